The monoisotopic (exact) mass is 277 g/mol. The van der Waals surface area contributed by atoms with Crippen molar-refractivity contribution in [3.05, 3.63) is 42.1 Å². The third-order valence-electron chi connectivity index (χ3n) is 2.68. The second-order valence-electron chi connectivity index (χ2n) is 4.21. The van der Waals surface area contributed by atoms with Crippen molar-refractivity contribution in [3.63, 3.8) is 0 Å². The van der Waals surface area contributed by atoms with Gasteiger partial charge in [0.2, 0.25) is 0 Å². The van der Waals surface area contributed by atoms with Crippen LogP contribution in [-0.2, 0) is 6.54 Å². The van der Waals surface area contributed by atoms with Crippen LogP contribution in [0, 0.1) is 0 Å². The van der Waals surface area contributed by atoms with Crippen molar-refractivity contribution in [2.45, 2.75) is 12.6 Å². The van der Waals surface area contributed by atoms with Gasteiger partial charge in [-0.05, 0) is 12.1 Å². The van der Waals surface area contributed by atoms with Crippen molar-refractivity contribution >= 4 is 11.8 Å². The molecule has 1 heterocycles. The van der Waals surface area contributed by atoms with Crippen LogP contribution in [0.2, 0.25) is 0 Å². The number of carboxylic acid groups (broad SMARTS) is 1. The van der Waals surface area contributed by atoms with Crippen LogP contribution in [0.5, 0.6) is 5.75 Å². The minimum absolute atomic E-state index is 0.0104. The van der Waals surface area contributed by atoms with Crippen LogP contribution in [-0.4, -0.2) is 38.7 Å². The molecule has 0 amide bonds. The van der Waals surface area contributed by atoms with E-state index in [4.69, 9.17) is 15.6 Å². The lowest BCUT2D eigenvalue weighted by molar-refractivity contribution is 0.0697. The van der Waals surface area contributed by atoms with E-state index in [-0.39, 0.29) is 24.5 Å². The third kappa shape index (κ3) is 3.27. The number of anilines is 1. The molecule has 0 saturated heterocycles. The fourth-order valence-corrected chi connectivity index (χ4v) is 1.67. The summed E-state index contributed by atoms with van der Waals surface area (Å²) in [5, 5.41) is 22.5. The Morgan fingerprint density at radius 1 is 1.40 bits per heavy atom. The SMILES string of the molecule is Nc1c(C(=O)O)cnn1CC(O)COc1ccccc1. The lowest BCUT2D eigenvalue weighted by atomic mass is 10.3. The molecular formula is C13H15N3O4. The number of nitrogens with zero attached hydrogens (tertiary/aromatic N) is 2. The highest BCUT2D eigenvalue weighted by molar-refractivity contribution is 5.92. The van der Waals surface area contributed by atoms with Gasteiger partial charge in [0.25, 0.3) is 0 Å². The Morgan fingerprint density at radius 2 is 2.10 bits per heavy atom. The zero-order valence-corrected chi connectivity index (χ0v) is 10.6. The molecule has 0 radical (unpaired) electrons. The average Bonchev–Trinajstić information content (AvgIpc) is 2.79. The quantitative estimate of drug-likeness (QED) is 0.713. The van der Waals surface area contributed by atoms with Crippen LogP contribution >= 0.6 is 0 Å². The number of benzene rings is 1. The highest BCUT2D eigenvalue weighted by atomic mass is 16.5. The molecule has 4 N–H and O–H groups in total. The maximum Gasteiger partial charge on any atom is 0.341 e. The van der Waals surface area contributed by atoms with Gasteiger partial charge >= 0.3 is 5.97 Å². The molecule has 2 rings (SSSR count). The summed E-state index contributed by atoms with van der Waals surface area (Å²) in [7, 11) is 0. The Bertz CT molecular complexity index is 583. The Kier molecular flexibility index (Phi) is 4.21. The number of rotatable bonds is 6. The molecule has 7 heteroatoms. The fraction of sp³-hybridized carbons (Fsp3) is 0.231. The lowest BCUT2D eigenvalue weighted by Crippen LogP contribution is -2.25. The molecule has 1 atom stereocenters. The molecule has 0 spiro atoms. The number of aromatic nitrogens is 2. The number of carboxylic acids is 1. The highest BCUT2D eigenvalue weighted by Gasteiger charge is 2.16. The smallest absolute Gasteiger partial charge is 0.341 e. The summed E-state index contributed by atoms with van der Waals surface area (Å²) >= 11 is 0. The Morgan fingerprint density at radius 3 is 2.70 bits per heavy atom. The van der Waals surface area contributed by atoms with E-state index in [9.17, 15) is 9.90 Å². The molecule has 0 bridgehead atoms. The molecule has 0 saturated carbocycles. The van der Waals surface area contributed by atoms with E-state index in [0.29, 0.717) is 5.75 Å². The van der Waals surface area contributed by atoms with Gasteiger partial charge in [0.15, 0.2) is 0 Å². The van der Waals surface area contributed by atoms with E-state index in [2.05, 4.69) is 5.10 Å². The van der Waals surface area contributed by atoms with E-state index in [1.165, 1.54) is 4.68 Å². The number of ether oxygens (including phenoxy) is 1. The molecular weight excluding hydrogens is 262 g/mol. The standard InChI is InChI=1S/C13H15N3O4/c14-12-11(13(18)19)6-15-16(12)7-9(17)8-20-10-4-2-1-3-5-10/h1-6,9,17H,7-8,14H2,(H,18,19). The van der Waals surface area contributed by atoms with Gasteiger partial charge in [-0.1, -0.05) is 18.2 Å². The second-order valence-corrected chi connectivity index (χ2v) is 4.21. The molecule has 0 aliphatic rings. The highest BCUT2D eigenvalue weighted by Crippen LogP contribution is 2.12. The zero-order chi connectivity index (χ0) is 14.5. The first kappa shape index (κ1) is 13.9. The first-order valence-corrected chi connectivity index (χ1v) is 5.98. The average molecular weight is 277 g/mol. The van der Waals surface area contributed by atoms with Gasteiger partial charge in [-0.2, -0.15) is 5.10 Å². The molecule has 1 unspecified atom stereocenters. The summed E-state index contributed by atoms with van der Waals surface area (Å²) < 4.78 is 6.62. The van der Waals surface area contributed by atoms with Crippen LogP contribution in [0.1, 0.15) is 10.4 Å². The molecule has 1 aromatic heterocycles. The van der Waals surface area contributed by atoms with E-state index < -0.39 is 12.1 Å². The predicted octanol–water partition coefficient (Wildman–Crippen LogP) is 0.603. The van der Waals surface area contributed by atoms with Crippen molar-refractivity contribution in [2.75, 3.05) is 12.3 Å². The van der Waals surface area contributed by atoms with Crippen molar-refractivity contribution in [3.8, 4) is 5.75 Å². The van der Waals surface area contributed by atoms with Gasteiger partial charge in [-0.25, -0.2) is 9.48 Å². The van der Waals surface area contributed by atoms with Gasteiger partial charge in [-0.3, -0.25) is 0 Å². The van der Waals surface area contributed by atoms with Gasteiger partial charge in [-0.15, -0.1) is 0 Å². The molecule has 106 valence electrons. The Balaban J connectivity index is 1.91. The number of aliphatic hydroxyl groups is 1. The molecule has 2 aromatic rings. The number of para-hydroxylation sites is 1. The van der Waals surface area contributed by atoms with E-state index in [1.807, 2.05) is 18.2 Å². The minimum atomic E-state index is -1.15. The van der Waals surface area contributed by atoms with Gasteiger partial charge in [0.05, 0.1) is 12.7 Å². The topological polar surface area (TPSA) is 111 Å². The number of aromatic carboxylic acids is 1. The summed E-state index contributed by atoms with van der Waals surface area (Å²) in [4.78, 5) is 10.8. The molecule has 0 aliphatic heterocycles. The third-order valence-corrected chi connectivity index (χ3v) is 2.68. The number of carbonyl (C=O) groups is 1. The molecule has 0 aliphatic carbocycles. The fourth-order valence-electron chi connectivity index (χ4n) is 1.67. The number of nitrogens with two attached hydrogens (primary N) is 1. The predicted molar refractivity (Wildman–Crippen MR) is 71.5 cm³/mol. The van der Waals surface area contributed by atoms with Gasteiger partial charge in [0, 0.05) is 0 Å². The summed E-state index contributed by atoms with van der Waals surface area (Å²) in [5.41, 5.74) is 5.55. The van der Waals surface area contributed by atoms with Crippen LogP contribution in [0.25, 0.3) is 0 Å². The van der Waals surface area contributed by atoms with E-state index in [0.717, 1.165) is 6.20 Å². The number of nitrogen functional groups attached to an aromatic ring is 1. The van der Waals surface area contributed by atoms with Crippen molar-refractivity contribution in [1.82, 2.24) is 9.78 Å². The van der Waals surface area contributed by atoms with Gasteiger partial charge < -0.3 is 20.7 Å². The number of aliphatic hydroxyl groups excluding tert-OH is 1. The van der Waals surface area contributed by atoms with Crippen LogP contribution in [0.4, 0.5) is 5.82 Å². The first-order valence-electron chi connectivity index (χ1n) is 5.98. The maximum atomic E-state index is 10.8. The van der Waals surface area contributed by atoms with Crippen LogP contribution in [0.3, 0.4) is 0 Å². The first-order chi connectivity index (χ1) is 9.58. The Labute approximate surface area is 115 Å². The van der Waals surface area contributed by atoms with Crippen LogP contribution in [0.15, 0.2) is 36.5 Å². The lowest BCUT2D eigenvalue weighted by Gasteiger charge is -2.13. The molecule has 7 nitrogen and oxygen atoms in total. The molecule has 20 heavy (non-hydrogen) atoms. The molecule has 1 aromatic carbocycles. The molecule has 0 fully saturated rings. The zero-order valence-electron chi connectivity index (χ0n) is 10.6. The van der Waals surface area contributed by atoms with Crippen molar-refractivity contribution in [1.29, 1.82) is 0 Å². The van der Waals surface area contributed by atoms with E-state index >= 15 is 0 Å². The summed E-state index contributed by atoms with van der Waals surface area (Å²) in [5.74, 6) is -0.494. The summed E-state index contributed by atoms with van der Waals surface area (Å²) in [6.07, 6.45) is 0.307. The summed E-state index contributed by atoms with van der Waals surface area (Å²) in [6.45, 7) is 0.123. The number of hydrogen-bond donors (Lipinski definition) is 3. The van der Waals surface area contributed by atoms with Gasteiger partial charge in [0.1, 0.15) is 29.8 Å². The van der Waals surface area contributed by atoms with Crippen molar-refractivity contribution < 1.29 is 19.7 Å². The number of hydrogen-bond acceptors (Lipinski definition) is 5. The second kappa shape index (κ2) is 6.07. The van der Waals surface area contributed by atoms with Crippen molar-refractivity contribution in [2.24, 2.45) is 0 Å². The normalized spacial score (nSPS) is 12.1. The largest absolute Gasteiger partial charge is 0.491 e. The maximum absolute atomic E-state index is 10.8. The minimum Gasteiger partial charge on any atom is -0.491 e. The van der Waals surface area contributed by atoms with Crippen LogP contribution < -0.4 is 10.5 Å². The summed E-state index contributed by atoms with van der Waals surface area (Å²) in [6, 6.07) is 9.06. The Hall–Kier alpha value is -2.54. The van der Waals surface area contributed by atoms with E-state index in [1.54, 1.807) is 12.1 Å².